The minimum absolute atomic E-state index is 0. The van der Waals surface area contributed by atoms with Crippen LogP contribution >= 0.6 is 24.8 Å². The Bertz CT molecular complexity index is 122. The third kappa shape index (κ3) is 9.97. The summed E-state index contributed by atoms with van der Waals surface area (Å²) in [5.74, 6) is -0.958. The average Bonchev–Trinajstić information content (AvgIpc) is 1.82. The third-order valence-electron chi connectivity index (χ3n) is 1.25. The molecule has 0 rings (SSSR count). The van der Waals surface area contributed by atoms with Crippen molar-refractivity contribution in [3.05, 3.63) is 0 Å². The smallest absolute Gasteiger partial charge is 0.320 e. The van der Waals surface area contributed by atoms with Crippen LogP contribution in [0.2, 0.25) is 0 Å². The maximum atomic E-state index is 10.1. The van der Waals surface area contributed by atoms with Gasteiger partial charge in [0.25, 0.3) is 0 Å². The molecule has 6 heteroatoms. The van der Waals surface area contributed by atoms with Crippen molar-refractivity contribution in [2.75, 3.05) is 0 Å². The van der Waals surface area contributed by atoms with Crippen LogP contribution in [0.25, 0.3) is 0 Å². The molecule has 0 spiro atoms. The van der Waals surface area contributed by atoms with Crippen molar-refractivity contribution >= 4 is 30.8 Å². The normalized spacial score (nSPS) is 13.6. The molecule has 0 fully saturated rings. The van der Waals surface area contributed by atoms with Crippen LogP contribution in [0.15, 0.2) is 0 Å². The van der Waals surface area contributed by atoms with Gasteiger partial charge < -0.3 is 16.6 Å². The second-order valence-corrected chi connectivity index (χ2v) is 2.50. The Labute approximate surface area is 84.5 Å². The predicted molar refractivity (Wildman–Crippen MR) is 53.0 cm³/mol. The van der Waals surface area contributed by atoms with Crippen molar-refractivity contribution in [2.45, 2.75) is 31.8 Å². The fourth-order valence-corrected chi connectivity index (χ4v) is 0.566. The number of nitrogens with two attached hydrogens (primary N) is 2. The zero-order valence-corrected chi connectivity index (χ0v) is 8.53. The van der Waals surface area contributed by atoms with E-state index in [0.29, 0.717) is 12.8 Å². The fraction of sp³-hybridized carbons (Fsp3) is 0.833. The standard InChI is InChI=1S/C6H14N2O2.2ClH/c1-4(7)2-3-5(8)6(9)10;;/h4-5H,2-3,7-8H2,1H3,(H,9,10);2*1H/t4-,5+;;/m0../s1. The van der Waals surface area contributed by atoms with E-state index in [4.69, 9.17) is 16.6 Å². The molecule has 0 aliphatic carbocycles. The highest BCUT2D eigenvalue weighted by Gasteiger charge is 2.10. The Hall–Kier alpha value is -0.0300. The number of halogens is 2. The van der Waals surface area contributed by atoms with Gasteiger partial charge in [-0.2, -0.15) is 0 Å². The molecule has 12 heavy (non-hydrogen) atoms. The maximum Gasteiger partial charge on any atom is 0.320 e. The molecule has 0 amide bonds. The molecule has 4 nitrogen and oxygen atoms in total. The predicted octanol–water partition coefficient (Wildman–Crippen LogP) is 0.369. The second-order valence-electron chi connectivity index (χ2n) is 2.50. The van der Waals surface area contributed by atoms with Gasteiger partial charge in [0.1, 0.15) is 6.04 Å². The van der Waals surface area contributed by atoms with Crippen LogP contribution in [-0.2, 0) is 4.79 Å². The number of carbonyl (C=O) groups is 1. The van der Waals surface area contributed by atoms with E-state index in [-0.39, 0.29) is 30.9 Å². The second kappa shape index (κ2) is 9.06. The lowest BCUT2D eigenvalue weighted by molar-refractivity contribution is -0.138. The number of aliphatic carboxylic acids is 1. The van der Waals surface area contributed by atoms with E-state index in [2.05, 4.69) is 0 Å². The van der Waals surface area contributed by atoms with Gasteiger partial charge in [-0.05, 0) is 19.8 Å². The first-order chi connectivity index (χ1) is 4.54. The molecule has 0 aromatic rings. The van der Waals surface area contributed by atoms with Crippen LogP contribution in [-0.4, -0.2) is 23.2 Å². The van der Waals surface area contributed by atoms with Gasteiger partial charge in [-0.3, -0.25) is 4.79 Å². The number of hydrogen-bond acceptors (Lipinski definition) is 3. The topological polar surface area (TPSA) is 89.3 Å². The molecule has 0 saturated carbocycles. The van der Waals surface area contributed by atoms with E-state index in [1.165, 1.54) is 0 Å². The minimum atomic E-state index is -0.958. The lowest BCUT2D eigenvalue weighted by Crippen LogP contribution is -2.31. The van der Waals surface area contributed by atoms with Crippen molar-refractivity contribution in [3.63, 3.8) is 0 Å². The average molecular weight is 219 g/mol. The number of hydrogen-bond donors (Lipinski definition) is 3. The van der Waals surface area contributed by atoms with Gasteiger partial charge in [0, 0.05) is 6.04 Å². The summed E-state index contributed by atoms with van der Waals surface area (Å²) in [5, 5.41) is 8.33. The van der Waals surface area contributed by atoms with Gasteiger partial charge in [-0.25, -0.2) is 0 Å². The summed E-state index contributed by atoms with van der Waals surface area (Å²) in [6, 6.07) is -0.726. The van der Waals surface area contributed by atoms with Crippen molar-refractivity contribution in [2.24, 2.45) is 11.5 Å². The van der Waals surface area contributed by atoms with Gasteiger partial charge in [0.15, 0.2) is 0 Å². The number of rotatable bonds is 4. The molecular formula is C6H16Cl2N2O2. The van der Waals surface area contributed by atoms with E-state index in [9.17, 15) is 4.79 Å². The highest BCUT2D eigenvalue weighted by atomic mass is 35.5. The molecule has 2 atom stereocenters. The molecule has 0 radical (unpaired) electrons. The van der Waals surface area contributed by atoms with Crippen LogP contribution in [0, 0.1) is 0 Å². The van der Waals surface area contributed by atoms with E-state index in [1.54, 1.807) is 0 Å². The van der Waals surface area contributed by atoms with Crippen LogP contribution in [0.5, 0.6) is 0 Å². The Kier molecular flexibility index (Phi) is 13.5. The molecule has 0 unspecified atom stereocenters. The summed E-state index contributed by atoms with van der Waals surface area (Å²) in [6.07, 6.45) is 1.11. The van der Waals surface area contributed by atoms with Crippen LogP contribution in [0.1, 0.15) is 19.8 Å². The highest BCUT2D eigenvalue weighted by Crippen LogP contribution is 1.96. The fourth-order valence-electron chi connectivity index (χ4n) is 0.566. The molecular weight excluding hydrogens is 203 g/mol. The zero-order valence-electron chi connectivity index (χ0n) is 6.90. The maximum absolute atomic E-state index is 10.1. The van der Waals surface area contributed by atoms with Gasteiger partial charge in [0.05, 0.1) is 0 Å². The first-order valence-corrected chi connectivity index (χ1v) is 3.28. The first kappa shape index (κ1) is 17.9. The van der Waals surface area contributed by atoms with E-state index >= 15 is 0 Å². The van der Waals surface area contributed by atoms with Crippen molar-refractivity contribution in [1.82, 2.24) is 0 Å². The van der Waals surface area contributed by atoms with Gasteiger partial charge >= 0.3 is 5.97 Å². The van der Waals surface area contributed by atoms with E-state index in [1.807, 2.05) is 6.92 Å². The van der Waals surface area contributed by atoms with Crippen molar-refractivity contribution in [1.29, 1.82) is 0 Å². The third-order valence-corrected chi connectivity index (χ3v) is 1.25. The lowest BCUT2D eigenvalue weighted by atomic mass is 10.1. The quantitative estimate of drug-likeness (QED) is 0.637. The number of carboxylic acid groups (broad SMARTS) is 1. The molecule has 0 bridgehead atoms. The van der Waals surface area contributed by atoms with Gasteiger partial charge in [-0.1, -0.05) is 0 Å². The lowest BCUT2D eigenvalue weighted by Gasteiger charge is -2.07. The van der Waals surface area contributed by atoms with E-state index in [0.717, 1.165) is 0 Å². The SMILES string of the molecule is C[C@H](N)CC[C@@H](N)C(=O)O.Cl.Cl. The monoisotopic (exact) mass is 218 g/mol. The summed E-state index contributed by atoms with van der Waals surface area (Å²) >= 11 is 0. The summed E-state index contributed by atoms with van der Waals surface area (Å²) in [5.41, 5.74) is 10.6. The Morgan fingerprint density at radius 2 is 1.75 bits per heavy atom. The summed E-state index contributed by atoms with van der Waals surface area (Å²) < 4.78 is 0. The molecule has 0 aliphatic rings. The highest BCUT2D eigenvalue weighted by molar-refractivity contribution is 5.85. The number of carboxylic acids is 1. The van der Waals surface area contributed by atoms with Crippen molar-refractivity contribution in [3.8, 4) is 0 Å². The largest absolute Gasteiger partial charge is 0.480 e. The molecule has 0 aliphatic heterocycles. The Morgan fingerprint density at radius 1 is 1.33 bits per heavy atom. The van der Waals surface area contributed by atoms with Crippen molar-refractivity contribution < 1.29 is 9.90 Å². The van der Waals surface area contributed by atoms with E-state index < -0.39 is 12.0 Å². The Morgan fingerprint density at radius 3 is 2.00 bits per heavy atom. The summed E-state index contributed by atoms with van der Waals surface area (Å²) in [6.45, 7) is 1.83. The zero-order chi connectivity index (χ0) is 8.15. The molecule has 76 valence electrons. The van der Waals surface area contributed by atoms with Gasteiger partial charge in [-0.15, -0.1) is 24.8 Å². The van der Waals surface area contributed by atoms with Gasteiger partial charge in [0.2, 0.25) is 0 Å². The molecule has 0 aromatic carbocycles. The first-order valence-electron chi connectivity index (χ1n) is 3.28. The molecule has 0 aromatic heterocycles. The molecule has 0 heterocycles. The minimum Gasteiger partial charge on any atom is -0.480 e. The Balaban J connectivity index is -0.000000405. The summed E-state index contributed by atoms with van der Waals surface area (Å²) in [7, 11) is 0. The molecule has 0 saturated heterocycles. The summed E-state index contributed by atoms with van der Waals surface area (Å²) in [4.78, 5) is 10.1. The molecule has 5 N–H and O–H groups in total. The van der Waals surface area contributed by atoms with Crippen LogP contribution in [0.4, 0.5) is 0 Å². The van der Waals surface area contributed by atoms with Crippen LogP contribution in [0.3, 0.4) is 0 Å². The van der Waals surface area contributed by atoms with Crippen LogP contribution < -0.4 is 11.5 Å².